The molecule has 0 radical (unpaired) electrons. The van der Waals surface area contributed by atoms with Gasteiger partial charge in [0.2, 0.25) is 0 Å². The molecule has 0 spiro atoms. The zero-order valence-corrected chi connectivity index (χ0v) is 11.5. The fourth-order valence-corrected chi connectivity index (χ4v) is 1.81. The van der Waals surface area contributed by atoms with Gasteiger partial charge in [0.25, 0.3) is 5.69 Å². The maximum atomic E-state index is 10.9. The van der Waals surface area contributed by atoms with Gasteiger partial charge in [-0.2, -0.15) is 0 Å². The number of nitro benzene ring substituents is 1. The maximum absolute atomic E-state index is 10.9. The van der Waals surface area contributed by atoms with Gasteiger partial charge in [0.1, 0.15) is 0 Å². The molecule has 0 saturated heterocycles. The van der Waals surface area contributed by atoms with Gasteiger partial charge >= 0.3 is 0 Å². The van der Waals surface area contributed by atoms with Gasteiger partial charge in [-0.05, 0) is 19.4 Å². The average molecular weight is 272 g/mol. The molecule has 1 aromatic heterocycles. The third-order valence-electron chi connectivity index (χ3n) is 2.94. The molecule has 0 saturated carbocycles. The predicted octanol–water partition coefficient (Wildman–Crippen LogP) is 2.29. The molecule has 2 rings (SSSR count). The Labute approximate surface area is 117 Å². The van der Waals surface area contributed by atoms with Gasteiger partial charge in [-0.15, -0.1) is 0 Å². The molecular weight excluding hydrogens is 256 g/mol. The van der Waals surface area contributed by atoms with E-state index in [-0.39, 0.29) is 10.6 Å². The molecule has 6 nitrogen and oxygen atoms in total. The largest absolute Gasteiger partial charge is 0.307 e. The van der Waals surface area contributed by atoms with Gasteiger partial charge in [0, 0.05) is 37.1 Å². The van der Waals surface area contributed by atoms with Gasteiger partial charge in [-0.3, -0.25) is 20.1 Å². The topological polar surface area (TPSA) is 81.0 Å². The molecule has 2 aromatic rings. The highest BCUT2D eigenvalue weighted by molar-refractivity contribution is 5.42. The predicted molar refractivity (Wildman–Crippen MR) is 75.1 cm³/mol. The number of aromatic nitrogens is 2. The minimum absolute atomic E-state index is 0.152. The van der Waals surface area contributed by atoms with Crippen molar-refractivity contribution in [1.29, 1.82) is 0 Å². The number of hydrogen-bond donors (Lipinski definition) is 1. The van der Waals surface area contributed by atoms with E-state index < -0.39 is 0 Å². The number of aryl methyl sites for hydroxylation is 2. The van der Waals surface area contributed by atoms with Crippen molar-refractivity contribution < 1.29 is 4.92 Å². The van der Waals surface area contributed by atoms with Gasteiger partial charge in [-0.25, -0.2) is 0 Å². The quantitative estimate of drug-likeness (QED) is 0.667. The summed E-state index contributed by atoms with van der Waals surface area (Å²) in [6.07, 6.45) is 3.44. The van der Waals surface area contributed by atoms with E-state index in [1.54, 1.807) is 31.5 Å². The Morgan fingerprint density at radius 1 is 1.20 bits per heavy atom. The lowest BCUT2D eigenvalue weighted by Crippen LogP contribution is -2.14. The third-order valence-corrected chi connectivity index (χ3v) is 2.94. The normalized spacial score (nSPS) is 10.5. The minimum atomic E-state index is -0.357. The summed E-state index contributed by atoms with van der Waals surface area (Å²) in [5.74, 6) is 0. The Bertz CT molecular complexity index is 611. The summed E-state index contributed by atoms with van der Waals surface area (Å²) < 4.78 is 0. The van der Waals surface area contributed by atoms with Crippen LogP contribution in [0.1, 0.15) is 22.5 Å². The van der Waals surface area contributed by atoms with Crippen LogP contribution in [-0.4, -0.2) is 14.9 Å². The number of benzene rings is 1. The van der Waals surface area contributed by atoms with Gasteiger partial charge in [-0.1, -0.05) is 12.1 Å². The first kappa shape index (κ1) is 14.1. The number of nitro groups is 1. The molecule has 1 aromatic carbocycles. The fourth-order valence-electron chi connectivity index (χ4n) is 1.81. The van der Waals surface area contributed by atoms with Crippen molar-refractivity contribution in [2.75, 3.05) is 0 Å². The first-order valence-corrected chi connectivity index (χ1v) is 6.28. The van der Waals surface area contributed by atoms with E-state index in [4.69, 9.17) is 0 Å². The standard InChI is InChI=1S/C14H16N4O2/c1-10-3-4-12(5-14(10)18(19)20)7-15-8-13-9-16-11(2)6-17-13/h3-6,9,15H,7-8H2,1-2H3. The highest BCUT2D eigenvalue weighted by atomic mass is 16.6. The van der Waals surface area contributed by atoms with Crippen LogP contribution in [0, 0.1) is 24.0 Å². The van der Waals surface area contributed by atoms with E-state index in [0.29, 0.717) is 18.7 Å². The smallest absolute Gasteiger partial charge is 0.272 e. The van der Waals surface area contributed by atoms with Crippen LogP contribution in [0.15, 0.2) is 30.6 Å². The summed E-state index contributed by atoms with van der Waals surface area (Å²) in [5.41, 5.74) is 3.42. The number of nitrogens with zero attached hydrogens (tertiary/aromatic N) is 3. The van der Waals surface area contributed by atoms with Crippen LogP contribution in [0.25, 0.3) is 0 Å². The van der Waals surface area contributed by atoms with Gasteiger partial charge in [0.05, 0.1) is 16.3 Å². The molecule has 0 aliphatic carbocycles. The summed E-state index contributed by atoms with van der Waals surface area (Å²) in [4.78, 5) is 18.9. The van der Waals surface area contributed by atoms with Crippen molar-refractivity contribution in [3.63, 3.8) is 0 Å². The number of hydrogen-bond acceptors (Lipinski definition) is 5. The van der Waals surface area contributed by atoms with Crippen molar-refractivity contribution >= 4 is 5.69 Å². The second-order valence-electron chi connectivity index (χ2n) is 4.63. The molecule has 20 heavy (non-hydrogen) atoms. The lowest BCUT2D eigenvalue weighted by Gasteiger charge is -2.05. The summed E-state index contributed by atoms with van der Waals surface area (Å²) in [6.45, 7) is 4.75. The molecule has 0 bridgehead atoms. The van der Waals surface area contributed by atoms with Crippen molar-refractivity contribution in [2.24, 2.45) is 0 Å². The first-order valence-electron chi connectivity index (χ1n) is 6.28. The van der Waals surface area contributed by atoms with Crippen LogP contribution < -0.4 is 5.32 Å². The van der Waals surface area contributed by atoms with Crippen LogP contribution in [-0.2, 0) is 13.1 Å². The molecule has 0 unspecified atom stereocenters. The summed E-state index contributed by atoms with van der Waals surface area (Å²) in [5, 5.41) is 14.1. The van der Waals surface area contributed by atoms with Crippen LogP contribution in [0.4, 0.5) is 5.69 Å². The Balaban J connectivity index is 1.96. The highest BCUT2D eigenvalue weighted by Gasteiger charge is 2.10. The van der Waals surface area contributed by atoms with Gasteiger partial charge < -0.3 is 5.32 Å². The fraction of sp³-hybridized carbons (Fsp3) is 0.286. The highest BCUT2D eigenvalue weighted by Crippen LogP contribution is 2.19. The van der Waals surface area contributed by atoms with E-state index in [0.717, 1.165) is 17.0 Å². The Hall–Kier alpha value is -2.34. The van der Waals surface area contributed by atoms with Crippen LogP contribution in [0.5, 0.6) is 0 Å². The van der Waals surface area contributed by atoms with E-state index in [9.17, 15) is 10.1 Å². The zero-order valence-electron chi connectivity index (χ0n) is 11.5. The molecule has 0 fully saturated rings. The van der Waals surface area contributed by atoms with Gasteiger partial charge in [0.15, 0.2) is 0 Å². The Morgan fingerprint density at radius 3 is 2.65 bits per heavy atom. The van der Waals surface area contributed by atoms with Crippen LogP contribution in [0.2, 0.25) is 0 Å². The molecular formula is C14H16N4O2. The van der Waals surface area contributed by atoms with E-state index in [1.165, 1.54) is 0 Å². The lowest BCUT2D eigenvalue weighted by molar-refractivity contribution is -0.385. The molecule has 0 atom stereocenters. The molecule has 0 aliphatic heterocycles. The SMILES string of the molecule is Cc1cnc(CNCc2ccc(C)c([N+](=O)[O-])c2)cn1. The van der Waals surface area contributed by atoms with Crippen molar-refractivity contribution in [1.82, 2.24) is 15.3 Å². The van der Waals surface area contributed by atoms with Crippen LogP contribution in [0.3, 0.4) is 0 Å². The van der Waals surface area contributed by atoms with E-state index in [2.05, 4.69) is 15.3 Å². The molecule has 6 heteroatoms. The second kappa shape index (κ2) is 6.21. The lowest BCUT2D eigenvalue weighted by atomic mass is 10.1. The molecule has 0 amide bonds. The zero-order chi connectivity index (χ0) is 14.5. The number of nitrogens with one attached hydrogen (secondary N) is 1. The summed E-state index contributed by atoms with van der Waals surface area (Å²) in [6, 6.07) is 5.25. The first-order chi connectivity index (χ1) is 9.56. The number of rotatable bonds is 5. The average Bonchev–Trinajstić information content (AvgIpc) is 2.42. The molecule has 1 heterocycles. The molecule has 0 aliphatic rings. The van der Waals surface area contributed by atoms with E-state index in [1.807, 2.05) is 13.0 Å². The monoisotopic (exact) mass is 272 g/mol. The second-order valence-corrected chi connectivity index (χ2v) is 4.63. The van der Waals surface area contributed by atoms with Crippen LogP contribution >= 0.6 is 0 Å². The summed E-state index contributed by atoms with van der Waals surface area (Å²) >= 11 is 0. The van der Waals surface area contributed by atoms with Crippen molar-refractivity contribution in [3.8, 4) is 0 Å². The molecule has 104 valence electrons. The maximum Gasteiger partial charge on any atom is 0.272 e. The van der Waals surface area contributed by atoms with Crippen molar-refractivity contribution in [2.45, 2.75) is 26.9 Å². The minimum Gasteiger partial charge on any atom is -0.307 e. The Kier molecular flexibility index (Phi) is 4.37. The molecule has 1 N–H and O–H groups in total. The van der Waals surface area contributed by atoms with E-state index >= 15 is 0 Å². The van der Waals surface area contributed by atoms with Crippen molar-refractivity contribution in [3.05, 3.63) is 63.2 Å². The Morgan fingerprint density at radius 2 is 2.00 bits per heavy atom. The summed E-state index contributed by atoms with van der Waals surface area (Å²) in [7, 11) is 0. The third kappa shape index (κ3) is 3.58.